The van der Waals surface area contributed by atoms with Gasteiger partial charge in [0.05, 0.1) is 24.6 Å². The first-order chi connectivity index (χ1) is 9.99. The van der Waals surface area contributed by atoms with Crippen molar-refractivity contribution in [3.63, 3.8) is 0 Å². The molecule has 0 radical (unpaired) electrons. The molecular weight excluding hydrogens is 337 g/mol. The normalized spacial score (nSPS) is 12.1. The summed E-state index contributed by atoms with van der Waals surface area (Å²) in [5.41, 5.74) is 0.965. The number of halogens is 1. The van der Waals surface area contributed by atoms with E-state index >= 15 is 0 Å². The van der Waals surface area contributed by atoms with E-state index in [1.807, 2.05) is 0 Å². The summed E-state index contributed by atoms with van der Waals surface area (Å²) < 4.78 is 29.2. The lowest BCUT2D eigenvalue weighted by Gasteiger charge is -2.15. The monoisotopic (exact) mass is 351 g/mol. The molecule has 6 nitrogen and oxygen atoms in total. The van der Waals surface area contributed by atoms with Gasteiger partial charge in [-0.3, -0.25) is 4.57 Å². The predicted molar refractivity (Wildman–Crippen MR) is 83.9 cm³/mol. The lowest BCUT2D eigenvalue weighted by molar-refractivity contribution is 0.236. The molecule has 0 saturated heterocycles. The third-order valence-electron chi connectivity index (χ3n) is 2.55. The van der Waals surface area contributed by atoms with Gasteiger partial charge in [0.25, 0.3) is 0 Å². The van der Waals surface area contributed by atoms with E-state index in [-0.39, 0.29) is 19.1 Å². The number of oxazole rings is 1. The van der Waals surface area contributed by atoms with Crippen LogP contribution in [0.15, 0.2) is 27.4 Å². The van der Waals surface area contributed by atoms with Crippen LogP contribution >= 0.6 is 29.8 Å². The minimum atomic E-state index is -3.28. The summed E-state index contributed by atoms with van der Waals surface area (Å²) in [5, 5.41) is 0.477. The van der Waals surface area contributed by atoms with Crippen molar-refractivity contribution in [1.82, 2.24) is 4.57 Å². The standard InChI is InChI=1S/C12H15ClNO5PS/c1-3-17-20(16,18-4-2)21-8-14-10-6-5-9(13)7-11(10)19-12(14)15/h5-7H,3-4,8H2,1-2H3. The average molecular weight is 352 g/mol. The second-order valence-electron chi connectivity index (χ2n) is 3.95. The van der Waals surface area contributed by atoms with Gasteiger partial charge in [-0.1, -0.05) is 11.6 Å². The van der Waals surface area contributed by atoms with Crippen molar-refractivity contribution in [2.24, 2.45) is 0 Å². The number of hydrogen-bond donors (Lipinski definition) is 0. The van der Waals surface area contributed by atoms with Gasteiger partial charge in [-0.15, -0.1) is 0 Å². The number of rotatable bonds is 7. The molecule has 1 aromatic carbocycles. The Balaban J connectivity index is 2.25. The summed E-state index contributed by atoms with van der Waals surface area (Å²) in [6.07, 6.45) is 0. The summed E-state index contributed by atoms with van der Waals surface area (Å²) in [5.74, 6) is -0.440. The van der Waals surface area contributed by atoms with Gasteiger partial charge in [0.1, 0.15) is 0 Å². The molecule has 0 N–H and O–H groups in total. The Labute approximate surface area is 130 Å². The Kier molecular flexibility index (Phi) is 5.57. The Morgan fingerprint density at radius 1 is 1.33 bits per heavy atom. The van der Waals surface area contributed by atoms with E-state index in [0.717, 1.165) is 11.4 Å². The summed E-state index contributed by atoms with van der Waals surface area (Å²) in [7, 11) is 0. The molecule has 0 atom stereocenters. The highest BCUT2D eigenvalue weighted by atomic mass is 35.5. The minimum absolute atomic E-state index is 0.102. The van der Waals surface area contributed by atoms with E-state index in [0.29, 0.717) is 16.1 Å². The number of benzene rings is 1. The molecule has 0 unspecified atom stereocenters. The zero-order valence-corrected chi connectivity index (χ0v) is 14.0. The molecule has 0 fully saturated rings. The van der Waals surface area contributed by atoms with Crippen molar-refractivity contribution in [3.8, 4) is 0 Å². The van der Waals surface area contributed by atoms with Crippen LogP contribution in [0.4, 0.5) is 0 Å². The van der Waals surface area contributed by atoms with Crippen LogP contribution in [0.25, 0.3) is 11.1 Å². The SMILES string of the molecule is CCOP(=O)(OCC)SCn1c(=O)oc2cc(Cl)ccc21. The van der Waals surface area contributed by atoms with Crippen molar-refractivity contribution < 1.29 is 18.0 Å². The summed E-state index contributed by atoms with van der Waals surface area (Å²) in [4.78, 5) is 11.9. The van der Waals surface area contributed by atoms with Gasteiger partial charge in [0, 0.05) is 11.1 Å². The number of fused-ring (bicyclic) bond motifs is 1. The van der Waals surface area contributed by atoms with E-state index in [1.54, 1.807) is 32.0 Å². The third-order valence-corrected chi connectivity index (χ3v) is 6.55. The smallest absolute Gasteiger partial charge is 0.408 e. The highest BCUT2D eigenvalue weighted by Crippen LogP contribution is 2.61. The Morgan fingerprint density at radius 2 is 2.00 bits per heavy atom. The van der Waals surface area contributed by atoms with Gasteiger partial charge >= 0.3 is 12.6 Å². The molecular formula is C12H15ClNO5PS. The molecule has 0 aliphatic carbocycles. The number of aromatic nitrogens is 1. The Hall–Kier alpha value is -0.720. The van der Waals surface area contributed by atoms with Crippen molar-refractivity contribution in [2.45, 2.75) is 19.7 Å². The zero-order valence-electron chi connectivity index (χ0n) is 11.6. The first-order valence-electron chi connectivity index (χ1n) is 6.31. The fourth-order valence-electron chi connectivity index (χ4n) is 1.72. The van der Waals surface area contributed by atoms with E-state index < -0.39 is 12.6 Å². The summed E-state index contributed by atoms with van der Waals surface area (Å²) in [6, 6.07) is 4.89. The third kappa shape index (κ3) is 3.93. The first-order valence-corrected chi connectivity index (χ1v) is 9.82. The molecule has 0 amide bonds. The molecule has 0 aliphatic heterocycles. The maximum atomic E-state index is 12.4. The van der Waals surface area contributed by atoms with Crippen LogP contribution in [0.2, 0.25) is 5.02 Å². The molecule has 116 valence electrons. The average Bonchev–Trinajstić information content (AvgIpc) is 2.71. The van der Waals surface area contributed by atoms with Crippen LogP contribution in [0.5, 0.6) is 0 Å². The minimum Gasteiger partial charge on any atom is -0.408 e. The fourth-order valence-corrected chi connectivity index (χ4v) is 5.09. The Bertz CT molecular complexity index is 718. The van der Waals surface area contributed by atoms with Crippen LogP contribution < -0.4 is 5.76 Å². The molecule has 1 heterocycles. The topological polar surface area (TPSA) is 70.7 Å². The summed E-state index contributed by atoms with van der Waals surface area (Å²) in [6.45, 7) is 0.711. The summed E-state index contributed by atoms with van der Waals surface area (Å²) >= 11 is 6.80. The van der Waals surface area contributed by atoms with Gasteiger partial charge in [0.2, 0.25) is 0 Å². The zero-order chi connectivity index (χ0) is 15.5. The highest BCUT2D eigenvalue weighted by Gasteiger charge is 2.25. The molecule has 0 saturated carbocycles. The Morgan fingerprint density at radius 3 is 2.62 bits per heavy atom. The molecule has 0 spiro atoms. The fraction of sp³-hybridized carbons (Fsp3) is 0.417. The van der Waals surface area contributed by atoms with Gasteiger partial charge in [0.15, 0.2) is 5.58 Å². The van der Waals surface area contributed by atoms with Gasteiger partial charge in [-0.25, -0.2) is 9.36 Å². The van der Waals surface area contributed by atoms with E-state index in [2.05, 4.69) is 0 Å². The van der Waals surface area contributed by atoms with E-state index in [4.69, 9.17) is 25.1 Å². The second-order valence-corrected chi connectivity index (χ2v) is 8.43. The molecule has 0 aliphatic rings. The second kappa shape index (κ2) is 7.03. The van der Waals surface area contributed by atoms with Crippen molar-refractivity contribution >= 4 is 40.9 Å². The van der Waals surface area contributed by atoms with Crippen LogP contribution in [0.1, 0.15) is 13.8 Å². The van der Waals surface area contributed by atoms with Gasteiger partial charge in [-0.2, -0.15) is 0 Å². The van der Waals surface area contributed by atoms with Crippen LogP contribution in [-0.4, -0.2) is 17.8 Å². The van der Waals surface area contributed by atoms with Gasteiger partial charge < -0.3 is 13.5 Å². The molecule has 2 aromatic rings. The van der Waals surface area contributed by atoms with Crippen LogP contribution in [0, 0.1) is 0 Å². The lowest BCUT2D eigenvalue weighted by atomic mass is 10.3. The first kappa shape index (κ1) is 16.6. The maximum Gasteiger partial charge on any atom is 0.420 e. The molecule has 21 heavy (non-hydrogen) atoms. The molecule has 1 aromatic heterocycles. The van der Waals surface area contributed by atoms with Crippen molar-refractivity contribution in [3.05, 3.63) is 33.8 Å². The highest BCUT2D eigenvalue weighted by molar-refractivity contribution is 8.54. The number of hydrogen-bond acceptors (Lipinski definition) is 6. The quantitative estimate of drug-likeness (QED) is 0.699. The van der Waals surface area contributed by atoms with Crippen molar-refractivity contribution in [1.29, 1.82) is 0 Å². The molecule has 9 heteroatoms. The number of nitrogens with zero attached hydrogens (tertiary/aromatic N) is 1. The molecule has 2 rings (SSSR count). The lowest BCUT2D eigenvalue weighted by Crippen LogP contribution is -2.12. The van der Waals surface area contributed by atoms with Gasteiger partial charge in [-0.05, 0) is 37.4 Å². The van der Waals surface area contributed by atoms with Crippen molar-refractivity contribution in [2.75, 3.05) is 13.2 Å². The maximum absolute atomic E-state index is 12.4. The predicted octanol–water partition coefficient (Wildman–Crippen LogP) is 4.12. The molecule has 0 bridgehead atoms. The van der Waals surface area contributed by atoms with E-state index in [1.165, 1.54) is 4.57 Å². The largest absolute Gasteiger partial charge is 0.420 e. The van der Waals surface area contributed by atoms with Crippen LogP contribution in [0.3, 0.4) is 0 Å². The van der Waals surface area contributed by atoms with E-state index in [9.17, 15) is 9.36 Å². The van der Waals surface area contributed by atoms with Crippen LogP contribution in [-0.2, 0) is 19.5 Å².